The Bertz CT molecular complexity index is 1430. The van der Waals surface area contributed by atoms with Crippen molar-refractivity contribution in [1.29, 1.82) is 0 Å². The van der Waals surface area contributed by atoms with Gasteiger partial charge in [0.05, 0.1) is 19.0 Å². The number of anilines is 1. The molecule has 0 saturated carbocycles. The highest BCUT2D eigenvalue weighted by atomic mass is 32.2. The van der Waals surface area contributed by atoms with Crippen LogP contribution < -0.4 is 10.5 Å². The van der Waals surface area contributed by atoms with Crippen molar-refractivity contribution < 1.29 is 13.2 Å². The lowest BCUT2D eigenvalue weighted by Crippen LogP contribution is -2.46. The van der Waals surface area contributed by atoms with Gasteiger partial charge in [-0.05, 0) is 28.7 Å². The molecule has 1 fully saturated rings. The van der Waals surface area contributed by atoms with E-state index in [1.54, 1.807) is 11.6 Å². The Kier molecular flexibility index (Phi) is 6.05. The van der Waals surface area contributed by atoms with Crippen molar-refractivity contribution in [3.05, 3.63) is 52.1 Å². The van der Waals surface area contributed by atoms with Crippen molar-refractivity contribution in [2.75, 3.05) is 50.5 Å². The lowest BCUT2D eigenvalue weighted by molar-refractivity contribution is 0.0221. The predicted octanol–water partition coefficient (Wildman–Crippen LogP) is 2.76. The van der Waals surface area contributed by atoms with E-state index in [1.165, 1.54) is 6.26 Å². The van der Waals surface area contributed by atoms with Crippen LogP contribution in [0.2, 0.25) is 0 Å². The fraction of sp³-hybridized carbons (Fsp3) is 0.500. The molecule has 0 aliphatic carbocycles. The molecule has 2 aliphatic heterocycles. The van der Waals surface area contributed by atoms with Crippen LogP contribution >= 0.6 is 0 Å². The summed E-state index contributed by atoms with van der Waals surface area (Å²) in [5, 5.41) is 0.930. The van der Waals surface area contributed by atoms with Crippen LogP contribution in [0.3, 0.4) is 0 Å². The number of morpholine rings is 1. The monoisotopic (exact) mass is 498 g/mol. The number of hydrogen-bond acceptors (Lipinski definition) is 6. The molecule has 188 valence electrons. The average Bonchev–Trinajstić information content (AvgIpc) is 3.14. The molecular formula is C26H34N4O4S. The van der Waals surface area contributed by atoms with Gasteiger partial charge >= 0.3 is 0 Å². The van der Waals surface area contributed by atoms with Crippen molar-refractivity contribution >= 4 is 26.4 Å². The molecule has 0 spiro atoms. The van der Waals surface area contributed by atoms with Crippen molar-refractivity contribution in [1.82, 2.24) is 14.5 Å². The topological polar surface area (TPSA) is 87.6 Å². The number of pyridine rings is 1. The van der Waals surface area contributed by atoms with E-state index in [2.05, 4.69) is 28.6 Å². The third-order valence-electron chi connectivity index (χ3n) is 6.94. The fourth-order valence-corrected chi connectivity index (χ4v) is 6.38. The van der Waals surface area contributed by atoms with E-state index in [0.717, 1.165) is 72.7 Å². The minimum absolute atomic E-state index is 0.000345. The summed E-state index contributed by atoms with van der Waals surface area (Å²) >= 11 is 0. The highest BCUT2D eigenvalue weighted by molar-refractivity contribution is 7.89. The van der Waals surface area contributed by atoms with E-state index in [-0.39, 0.29) is 16.7 Å². The van der Waals surface area contributed by atoms with E-state index in [9.17, 15) is 13.2 Å². The van der Waals surface area contributed by atoms with E-state index in [4.69, 9.17) is 4.74 Å². The second kappa shape index (κ2) is 8.80. The van der Waals surface area contributed by atoms with Gasteiger partial charge in [0, 0.05) is 80.6 Å². The Morgan fingerprint density at radius 1 is 1.11 bits per heavy atom. The molecule has 0 amide bonds. The lowest BCUT2D eigenvalue weighted by Gasteiger charge is -2.39. The van der Waals surface area contributed by atoms with Crippen LogP contribution in [0, 0.1) is 5.41 Å². The van der Waals surface area contributed by atoms with Crippen molar-refractivity contribution in [2.24, 2.45) is 12.5 Å². The van der Waals surface area contributed by atoms with Crippen LogP contribution in [0.1, 0.15) is 25.0 Å². The van der Waals surface area contributed by atoms with Crippen LogP contribution in [0.5, 0.6) is 0 Å². The number of aryl methyl sites for hydroxylation is 1. The van der Waals surface area contributed by atoms with Gasteiger partial charge in [-0.25, -0.2) is 8.42 Å². The number of aromatic nitrogens is 2. The van der Waals surface area contributed by atoms with E-state index in [0.29, 0.717) is 12.1 Å². The normalized spacial score (nSPS) is 17.0. The average molecular weight is 499 g/mol. The summed E-state index contributed by atoms with van der Waals surface area (Å²) in [6, 6.07) is 5.95. The number of aromatic amines is 1. The van der Waals surface area contributed by atoms with Crippen molar-refractivity contribution in [2.45, 2.75) is 26.1 Å². The number of nitrogens with zero attached hydrogens (tertiary/aromatic N) is 3. The van der Waals surface area contributed by atoms with Crippen molar-refractivity contribution in [3.63, 3.8) is 0 Å². The quantitative estimate of drug-likeness (QED) is 0.562. The Morgan fingerprint density at radius 3 is 2.57 bits per heavy atom. The lowest BCUT2D eigenvalue weighted by atomic mass is 9.91. The smallest absolute Gasteiger partial charge is 0.274 e. The third-order valence-corrected chi connectivity index (χ3v) is 7.80. The summed E-state index contributed by atoms with van der Waals surface area (Å²) in [5.74, 6) is -0.0162. The number of rotatable bonds is 6. The van der Waals surface area contributed by atoms with Gasteiger partial charge in [0.25, 0.3) is 5.56 Å². The van der Waals surface area contributed by atoms with Gasteiger partial charge in [-0.1, -0.05) is 19.9 Å². The zero-order valence-corrected chi connectivity index (χ0v) is 21.7. The molecule has 9 heteroatoms. The van der Waals surface area contributed by atoms with Gasteiger partial charge in [0.15, 0.2) is 9.84 Å². The summed E-state index contributed by atoms with van der Waals surface area (Å²) in [6.45, 7) is 10.5. The second-order valence-corrected chi connectivity index (χ2v) is 13.0. The maximum absolute atomic E-state index is 12.9. The molecule has 5 rings (SSSR count). The van der Waals surface area contributed by atoms with Gasteiger partial charge in [-0.3, -0.25) is 9.69 Å². The molecular weight excluding hydrogens is 464 g/mol. The summed E-state index contributed by atoms with van der Waals surface area (Å²) in [5.41, 5.74) is 5.34. The number of benzene rings is 1. The Hall–Kier alpha value is -2.62. The Balaban J connectivity index is 1.61. The summed E-state index contributed by atoms with van der Waals surface area (Å²) in [4.78, 5) is 20.9. The van der Waals surface area contributed by atoms with Crippen LogP contribution in [-0.4, -0.2) is 68.5 Å². The van der Waals surface area contributed by atoms with Crippen LogP contribution in [0.4, 0.5) is 5.69 Å². The SMILES string of the molecule is Cn1cc2c3c(c[nH]c3c1=O)CN(CC(C)(C)CN1CCOCC1)c1ccc(CS(C)(=O)=O)cc1-2. The number of ether oxygens (including phenoxy) is 1. The number of sulfone groups is 1. The maximum Gasteiger partial charge on any atom is 0.274 e. The zero-order chi connectivity index (χ0) is 25.0. The Labute approximate surface area is 206 Å². The maximum atomic E-state index is 12.9. The molecule has 1 aromatic carbocycles. The third kappa shape index (κ3) is 4.90. The van der Waals surface area contributed by atoms with Gasteiger partial charge in [0.2, 0.25) is 0 Å². The van der Waals surface area contributed by atoms with Gasteiger partial charge < -0.3 is 19.2 Å². The van der Waals surface area contributed by atoms with E-state index in [1.807, 2.05) is 30.6 Å². The highest BCUT2D eigenvalue weighted by Gasteiger charge is 2.30. The minimum atomic E-state index is -3.18. The number of hydrogen-bond donors (Lipinski definition) is 1. The minimum Gasteiger partial charge on any atom is -0.379 e. The largest absolute Gasteiger partial charge is 0.379 e. The molecule has 2 aliphatic rings. The first-order valence-electron chi connectivity index (χ1n) is 12.1. The fourth-order valence-electron chi connectivity index (χ4n) is 5.59. The van der Waals surface area contributed by atoms with Gasteiger partial charge in [-0.15, -0.1) is 0 Å². The molecule has 1 saturated heterocycles. The predicted molar refractivity (Wildman–Crippen MR) is 140 cm³/mol. The van der Waals surface area contributed by atoms with Crippen molar-refractivity contribution in [3.8, 4) is 11.1 Å². The van der Waals surface area contributed by atoms with Crippen LogP contribution in [0.25, 0.3) is 22.0 Å². The molecule has 8 nitrogen and oxygen atoms in total. The second-order valence-electron chi connectivity index (χ2n) is 10.9. The molecule has 0 radical (unpaired) electrons. The molecule has 35 heavy (non-hydrogen) atoms. The molecule has 1 N–H and O–H groups in total. The summed E-state index contributed by atoms with van der Waals surface area (Å²) < 4.78 is 31.2. The molecule has 2 aromatic heterocycles. The summed E-state index contributed by atoms with van der Waals surface area (Å²) in [6.07, 6.45) is 5.09. The molecule has 0 bridgehead atoms. The van der Waals surface area contributed by atoms with E-state index < -0.39 is 9.84 Å². The summed E-state index contributed by atoms with van der Waals surface area (Å²) in [7, 11) is -1.42. The Morgan fingerprint density at radius 2 is 1.86 bits per heavy atom. The number of nitrogens with one attached hydrogen (secondary N) is 1. The molecule has 4 heterocycles. The molecule has 3 aromatic rings. The number of fused-ring (bicyclic) bond motifs is 2. The highest BCUT2D eigenvalue weighted by Crippen LogP contribution is 2.42. The first kappa shape index (κ1) is 24.1. The standard InChI is InChI=1S/C26H34N4O4S/c1-26(2,16-29-7-9-34-10-8-29)17-30-13-19-12-27-24-23(19)21(14-28(3)25(24)31)20-11-18(5-6-22(20)30)15-35(4,32)33/h5-6,11-12,14,27H,7-10,13,15-17H2,1-4H3. The first-order chi connectivity index (χ1) is 16.5. The number of H-pyrrole nitrogens is 1. The molecule has 0 atom stereocenters. The van der Waals surface area contributed by atoms with E-state index >= 15 is 0 Å². The van der Waals surface area contributed by atoms with Gasteiger partial charge in [0.1, 0.15) is 5.52 Å². The van der Waals surface area contributed by atoms with Crippen LogP contribution in [-0.2, 0) is 33.9 Å². The van der Waals surface area contributed by atoms with Crippen LogP contribution in [0.15, 0.2) is 35.4 Å². The zero-order valence-electron chi connectivity index (χ0n) is 20.9. The first-order valence-corrected chi connectivity index (χ1v) is 14.1. The molecule has 0 unspecified atom stereocenters. The van der Waals surface area contributed by atoms with Gasteiger partial charge in [-0.2, -0.15) is 0 Å².